The Morgan fingerprint density at radius 3 is 2.71 bits per heavy atom. The normalized spacial score (nSPS) is 17.6. The summed E-state index contributed by atoms with van der Waals surface area (Å²) >= 11 is 0. The molecule has 5 heteroatoms. The van der Waals surface area contributed by atoms with Crippen LogP contribution in [0.15, 0.2) is 24.3 Å². The largest absolute Gasteiger partial charge is 0.339 e. The third-order valence-electron chi connectivity index (χ3n) is 4.69. The molecule has 1 aliphatic heterocycles. The fourth-order valence-electron chi connectivity index (χ4n) is 3.26. The van der Waals surface area contributed by atoms with Crippen molar-refractivity contribution in [3.05, 3.63) is 29.8 Å². The fraction of sp³-hybridized carbons (Fsp3) is 0.579. The lowest BCUT2D eigenvalue weighted by Gasteiger charge is -2.26. The number of anilines is 1. The van der Waals surface area contributed by atoms with E-state index in [1.807, 2.05) is 29.2 Å². The van der Waals surface area contributed by atoms with E-state index >= 15 is 0 Å². The van der Waals surface area contributed by atoms with Crippen LogP contribution in [0.2, 0.25) is 0 Å². The zero-order chi connectivity index (χ0) is 17.5. The second-order valence-electron chi connectivity index (χ2n) is 6.39. The lowest BCUT2D eigenvalue weighted by molar-refractivity contribution is -0.130. The predicted molar refractivity (Wildman–Crippen MR) is 96.6 cm³/mol. The molecule has 1 aliphatic rings. The molecule has 1 aromatic rings. The first-order valence-corrected chi connectivity index (χ1v) is 8.98. The van der Waals surface area contributed by atoms with E-state index in [9.17, 15) is 9.59 Å². The number of hydrogen-bond acceptors (Lipinski definition) is 3. The molecule has 0 aliphatic carbocycles. The quantitative estimate of drug-likeness (QED) is 0.770. The first-order chi connectivity index (χ1) is 11.6. The van der Waals surface area contributed by atoms with Gasteiger partial charge in [-0.3, -0.25) is 9.59 Å². The molecule has 0 bridgehead atoms. The van der Waals surface area contributed by atoms with E-state index < -0.39 is 0 Å². The zero-order valence-corrected chi connectivity index (χ0v) is 15.0. The zero-order valence-electron chi connectivity index (χ0n) is 15.0. The summed E-state index contributed by atoms with van der Waals surface area (Å²) in [5, 5.41) is 6.24. The molecule has 132 valence electrons. The summed E-state index contributed by atoms with van der Waals surface area (Å²) in [7, 11) is 0. The van der Waals surface area contributed by atoms with Gasteiger partial charge in [0.05, 0.1) is 5.92 Å². The Morgan fingerprint density at radius 1 is 1.29 bits per heavy atom. The minimum absolute atomic E-state index is 0.0580. The van der Waals surface area contributed by atoms with Crippen LogP contribution in [-0.2, 0) is 16.1 Å². The van der Waals surface area contributed by atoms with E-state index in [1.165, 1.54) is 0 Å². The molecule has 1 fully saturated rings. The van der Waals surface area contributed by atoms with Crippen LogP contribution in [0, 0.1) is 5.92 Å². The van der Waals surface area contributed by atoms with E-state index in [4.69, 9.17) is 0 Å². The highest BCUT2D eigenvalue weighted by atomic mass is 16.2. The van der Waals surface area contributed by atoms with Gasteiger partial charge in [0.15, 0.2) is 0 Å². The molecule has 1 unspecified atom stereocenters. The summed E-state index contributed by atoms with van der Waals surface area (Å²) in [6, 6.07) is 8.10. The van der Waals surface area contributed by atoms with Gasteiger partial charge in [-0.1, -0.05) is 32.9 Å². The lowest BCUT2D eigenvalue weighted by Crippen LogP contribution is -2.36. The lowest BCUT2D eigenvalue weighted by atomic mass is 10.1. The number of rotatable bonds is 8. The van der Waals surface area contributed by atoms with Gasteiger partial charge in [-0.2, -0.15) is 0 Å². The second kappa shape index (κ2) is 8.83. The maximum atomic E-state index is 12.5. The smallest absolute Gasteiger partial charge is 0.229 e. The van der Waals surface area contributed by atoms with Crippen molar-refractivity contribution < 1.29 is 9.59 Å². The first kappa shape index (κ1) is 18.5. The number of nitrogens with zero attached hydrogens (tertiary/aromatic N) is 1. The van der Waals surface area contributed by atoms with Crippen molar-refractivity contribution in [2.75, 3.05) is 18.4 Å². The van der Waals surface area contributed by atoms with Crippen LogP contribution in [0.3, 0.4) is 0 Å². The topological polar surface area (TPSA) is 61.4 Å². The molecule has 5 nitrogen and oxygen atoms in total. The summed E-state index contributed by atoms with van der Waals surface area (Å²) in [6.45, 7) is 8.47. The number of carbonyl (C=O) groups excluding carboxylic acids is 2. The molecule has 2 amide bonds. The van der Waals surface area contributed by atoms with Crippen molar-refractivity contribution >= 4 is 17.5 Å². The Labute approximate surface area is 144 Å². The molecule has 0 radical (unpaired) electrons. The Kier molecular flexibility index (Phi) is 6.79. The summed E-state index contributed by atoms with van der Waals surface area (Å²) < 4.78 is 0. The highest BCUT2D eigenvalue weighted by molar-refractivity contribution is 5.97. The average molecular weight is 331 g/mol. The van der Waals surface area contributed by atoms with Crippen LogP contribution in [0.1, 0.15) is 45.6 Å². The van der Waals surface area contributed by atoms with E-state index in [-0.39, 0.29) is 23.8 Å². The van der Waals surface area contributed by atoms with Gasteiger partial charge < -0.3 is 15.5 Å². The van der Waals surface area contributed by atoms with Crippen molar-refractivity contribution in [1.29, 1.82) is 0 Å². The van der Waals surface area contributed by atoms with Gasteiger partial charge in [-0.25, -0.2) is 0 Å². The molecule has 2 N–H and O–H groups in total. The molecule has 1 saturated heterocycles. The highest BCUT2D eigenvalue weighted by Crippen LogP contribution is 2.24. The molecule has 2 rings (SSSR count). The van der Waals surface area contributed by atoms with Crippen LogP contribution < -0.4 is 10.6 Å². The Hall–Kier alpha value is -1.88. The van der Waals surface area contributed by atoms with Crippen LogP contribution in [-0.4, -0.2) is 35.8 Å². The second-order valence-corrected chi connectivity index (χ2v) is 6.39. The maximum Gasteiger partial charge on any atom is 0.229 e. The molecule has 0 saturated carbocycles. The predicted octanol–water partition coefficient (Wildman–Crippen LogP) is 2.77. The molecule has 1 heterocycles. The number of hydrogen-bond donors (Lipinski definition) is 2. The number of amides is 2. The number of benzene rings is 1. The number of carbonyl (C=O) groups is 2. The van der Waals surface area contributed by atoms with Crippen LogP contribution in [0.25, 0.3) is 0 Å². The molecule has 1 aromatic carbocycles. The van der Waals surface area contributed by atoms with Gasteiger partial charge in [0.1, 0.15) is 0 Å². The molecule has 1 atom stereocenters. The van der Waals surface area contributed by atoms with Crippen LogP contribution in [0.4, 0.5) is 5.69 Å². The SMILES string of the molecule is CCNCc1cccc(NC(=O)C2CC(=O)N(C(CC)CC)C2)c1. The van der Waals surface area contributed by atoms with Gasteiger partial charge in [-0.15, -0.1) is 0 Å². The van der Waals surface area contributed by atoms with Gasteiger partial charge >= 0.3 is 0 Å². The summed E-state index contributed by atoms with van der Waals surface area (Å²) in [6.07, 6.45) is 2.19. The Balaban J connectivity index is 1.97. The Morgan fingerprint density at radius 2 is 2.04 bits per heavy atom. The first-order valence-electron chi connectivity index (χ1n) is 8.98. The average Bonchev–Trinajstić information content (AvgIpc) is 2.96. The minimum atomic E-state index is -0.254. The third kappa shape index (κ3) is 4.57. The van der Waals surface area contributed by atoms with E-state index in [2.05, 4.69) is 31.4 Å². The number of likely N-dealkylation sites (tertiary alicyclic amines) is 1. The maximum absolute atomic E-state index is 12.5. The monoisotopic (exact) mass is 331 g/mol. The van der Waals surface area contributed by atoms with Crippen molar-refractivity contribution in [1.82, 2.24) is 10.2 Å². The molecule has 24 heavy (non-hydrogen) atoms. The van der Waals surface area contributed by atoms with Crippen LogP contribution in [0.5, 0.6) is 0 Å². The van der Waals surface area contributed by atoms with Crippen molar-refractivity contribution in [3.63, 3.8) is 0 Å². The van der Waals surface area contributed by atoms with Crippen molar-refractivity contribution in [2.45, 2.75) is 52.6 Å². The molecule has 0 aromatic heterocycles. The molecule has 0 spiro atoms. The third-order valence-corrected chi connectivity index (χ3v) is 4.69. The fourth-order valence-corrected chi connectivity index (χ4v) is 3.26. The highest BCUT2D eigenvalue weighted by Gasteiger charge is 2.36. The standard InChI is InChI=1S/C19H29N3O2/c1-4-17(5-2)22-13-15(11-18(22)23)19(24)21-16-9-7-8-14(10-16)12-20-6-3/h7-10,15,17,20H,4-6,11-13H2,1-3H3,(H,21,24). The van der Waals surface area contributed by atoms with E-state index in [0.717, 1.165) is 37.2 Å². The van der Waals surface area contributed by atoms with Gasteiger partial charge in [0.25, 0.3) is 0 Å². The molecular weight excluding hydrogens is 302 g/mol. The summed E-state index contributed by atoms with van der Waals surface area (Å²) in [5.74, 6) is -0.210. The summed E-state index contributed by atoms with van der Waals surface area (Å²) in [4.78, 5) is 26.6. The Bertz CT molecular complexity index is 569. The van der Waals surface area contributed by atoms with E-state index in [1.54, 1.807) is 0 Å². The molecular formula is C19H29N3O2. The minimum Gasteiger partial charge on any atom is -0.339 e. The number of nitrogens with one attached hydrogen (secondary N) is 2. The van der Waals surface area contributed by atoms with Gasteiger partial charge in [0.2, 0.25) is 11.8 Å². The van der Waals surface area contributed by atoms with Crippen molar-refractivity contribution in [3.8, 4) is 0 Å². The van der Waals surface area contributed by atoms with Gasteiger partial charge in [-0.05, 0) is 37.1 Å². The van der Waals surface area contributed by atoms with Crippen molar-refractivity contribution in [2.24, 2.45) is 5.92 Å². The van der Waals surface area contributed by atoms with Crippen LogP contribution >= 0.6 is 0 Å². The summed E-state index contributed by atoms with van der Waals surface area (Å²) in [5.41, 5.74) is 1.93. The van der Waals surface area contributed by atoms with E-state index in [0.29, 0.717) is 13.0 Å². The van der Waals surface area contributed by atoms with Gasteiger partial charge in [0, 0.05) is 31.2 Å².